The summed E-state index contributed by atoms with van der Waals surface area (Å²) >= 11 is 1.63. The Morgan fingerprint density at radius 2 is 1.93 bits per heavy atom. The molecule has 0 saturated carbocycles. The molecule has 0 aliphatic heterocycles. The van der Waals surface area contributed by atoms with Gasteiger partial charge in [0.1, 0.15) is 5.00 Å². The zero-order valence-corrected chi connectivity index (χ0v) is 16.9. The topological polar surface area (TPSA) is 52.5 Å². The minimum Gasteiger partial charge on any atom is -0.493 e. The number of methoxy groups -OCH3 is 1. The molecule has 0 bridgehead atoms. The molecule has 3 rings (SSSR count). The number of nitrogens with zero attached hydrogens (tertiary/aromatic N) is 1. The second kappa shape index (κ2) is 8.31. The van der Waals surface area contributed by atoms with Gasteiger partial charge in [-0.05, 0) is 56.2 Å². The lowest BCUT2D eigenvalue weighted by Crippen LogP contribution is -2.24. The highest BCUT2D eigenvalue weighted by Gasteiger charge is 2.20. The van der Waals surface area contributed by atoms with Crippen molar-refractivity contribution in [3.8, 4) is 16.5 Å². The lowest BCUT2D eigenvalue weighted by molar-refractivity contribution is 0.0950. The number of benzene rings is 1. The van der Waals surface area contributed by atoms with E-state index < -0.39 is 0 Å². The maximum atomic E-state index is 12.9. The molecule has 6 heteroatoms. The van der Waals surface area contributed by atoms with E-state index in [1.165, 1.54) is 0 Å². The van der Waals surface area contributed by atoms with Crippen molar-refractivity contribution in [1.82, 2.24) is 9.88 Å². The van der Waals surface area contributed by atoms with Gasteiger partial charge in [0.25, 0.3) is 5.91 Å². The molecule has 27 heavy (non-hydrogen) atoms. The number of carbonyl (C=O) groups is 1. The second-order valence-corrected chi connectivity index (χ2v) is 7.36. The first-order chi connectivity index (χ1) is 13.0. The molecule has 1 amide bonds. The Labute approximate surface area is 163 Å². The Kier molecular flexibility index (Phi) is 5.86. The highest BCUT2D eigenvalue weighted by atomic mass is 32.1. The van der Waals surface area contributed by atoms with Gasteiger partial charge >= 0.3 is 0 Å². The molecule has 1 aromatic carbocycles. The molecule has 3 aromatic rings. The zero-order valence-electron chi connectivity index (χ0n) is 16.0. The van der Waals surface area contributed by atoms with Gasteiger partial charge in [-0.3, -0.25) is 4.79 Å². The van der Waals surface area contributed by atoms with Crippen molar-refractivity contribution < 1.29 is 14.3 Å². The summed E-state index contributed by atoms with van der Waals surface area (Å²) in [5, 5.41) is 3.97. The van der Waals surface area contributed by atoms with Gasteiger partial charge in [-0.2, -0.15) is 0 Å². The van der Waals surface area contributed by atoms with E-state index in [1.54, 1.807) is 18.4 Å². The van der Waals surface area contributed by atoms with Crippen LogP contribution in [0, 0.1) is 13.8 Å². The molecule has 2 aromatic heterocycles. The number of nitrogens with one attached hydrogen (secondary N) is 1. The largest absolute Gasteiger partial charge is 0.493 e. The van der Waals surface area contributed by atoms with Crippen LogP contribution in [0.3, 0.4) is 0 Å². The molecule has 0 aliphatic carbocycles. The summed E-state index contributed by atoms with van der Waals surface area (Å²) in [5.74, 6) is 1.29. The summed E-state index contributed by atoms with van der Waals surface area (Å²) in [6.07, 6.45) is 3.91. The van der Waals surface area contributed by atoms with E-state index in [1.807, 2.05) is 68.1 Å². The van der Waals surface area contributed by atoms with Crippen LogP contribution in [0.15, 0.2) is 42.7 Å². The van der Waals surface area contributed by atoms with Gasteiger partial charge < -0.3 is 19.4 Å². The predicted molar refractivity (Wildman–Crippen MR) is 108 cm³/mol. The maximum Gasteiger partial charge on any atom is 0.254 e. The quantitative estimate of drug-likeness (QED) is 0.653. The summed E-state index contributed by atoms with van der Waals surface area (Å²) in [7, 11) is 1.61. The maximum absolute atomic E-state index is 12.9. The molecule has 5 nitrogen and oxygen atoms in total. The van der Waals surface area contributed by atoms with E-state index >= 15 is 0 Å². The third-order valence-corrected chi connectivity index (χ3v) is 5.63. The number of amides is 1. The van der Waals surface area contributed by atoms with Crippen LogP contribution >= 0.6 is 11.3 Å². The number of aryl methyl sites for hydroxylation is 1. The van der Waals surface area contributed by atoms with Crippen LogP contribution < -0.4 is 14.8 Å². The van der Waals surface area contributed by atoms with Crippen molar-refractivity contribution in [2.75, 3.05) is 13.7 Å². The number of hydrogen-bond donors (Lipinski definition) is 1. The summed E-state index contributed by atoms with van der Waals surface area (Å²) in [6.45, 7) is 6.96. The average Bonchev–Trinajstić information content (AvgIpc) is 3.29. The summed E-state index contributed by atoms with van der Waals surface area (Å²) in [6, 6.07) is 9.61. The van der Waals surface area contributed by atoms with E-state index in [-0.39, 0.29) is 5.91 Å². The lowest BCUT2D eigenvalue weighted by Gasteiger charge is -2.12. The van der Waals surface area contributed by atoms with Gasteiger partial charge in [0.15, 0.2) is 11.5 Å². The van der Waals surface area contributed by atoms with Gasteiger partial charge in [0.05, 0.1) is 19.3 Å². The summed E-state index contributed by atoms with van der Waals surface area (Å²) < 4.78 is 12.9. The van der Waals surface area contributed by atoms with Crippen LogP contribution in [0.4, 0.5) is 0 Å². The van der Waals surface area contributed by atoms with Crippen LogP contribution in [0.2, 0.25) is 0 Å². The fourth-order valence-corrected chi connectivity index (χ4v) is 4.02. The molecule has 1 N–H and O–H groups in total. The van der Waals surface area contributed by atoms with E-state index in [0.29, 0.717) is 24.7 Å². The molecule has 0 unspecified atom stereocenters. The van der Waals surface area contributed by atoms with Crippen molar-refractivity contribution in [2.45, 2.75) is 27.3 Å². The molecule has 0 saturated heterocycles. The summed E-state index contributed by atoms with van der Waals surface area (Å²) in [5.41, 5.74) is 2.70. The van der Waals surface area contributed by atoms with E-state index in [9.17, 15) is 4.79 Å². The smallest absolute Gasteiger partial charge is 0.254 e. The molecule has 0 radical (unpaired) electrons. The number of carbonyl (C=O) groups excluding carboxylic acids is 1. The Morgan fingerprint density at radius 1 is 1.19 bits per heavy atom. The van der Waals surface area contributed by atoms with Gasteiger partial charge in [-0.25, -0.2) is 0 Å². The van der Waals surface area contributed by atoms with Crippen molar-refractivity contribution >= 4 is 17.2 Å². The minimum absolute atomic E-state index is 0.0756. The number of aromatic nitrogens is 1. The molecule has 142 valence electrons. The number of ether oxygens (including phenoxy) is 2. The van der Waals surface area contributed by atoms with E-state index in [4.69, 9.17) is 9.47 Å². The third kappa shape index (κ3) is 4.01. The first-order valence-corrected chi connectivity index (χ1v) is 9.68. The zero-order chi connectivity index (χ0) is 19.4. The third-order valence-electron chi connectivity index (χ3n) is 4.41. The standard InChI is InChI=1S/C21H24N2O3S/c1-5-26-17-9-8-16(12-18(17)25-4)13-22-20(24)19-14(2)15(3)27-21(19)23-10-6-7-11-23/h6-12H,5,13H2,1-4H3,(H,22,24). The average molecular weight is 385 g/mol. The van der Waals surface area contributed by atoms with E-state index in [2.05, 4.69) is 5.32 Å². The first kappa shape index (κ1) is 19.0. The van der Waals surface area contributed by atoms with E-state index in [0.717, 1.165) is 26.6 Å². The molecule has 0 aliphatic rings. The van der Waals surface area contributed by atoms with Crippen molar-refractivity contribution in [1.29, 1.82) is 0 Å². The van der Waals surface area contributed by atoms with Crippen molar-refractivity contribution in [2.24, 2.45) is 0 Å². The molecular formula is C21H24N2O3S. The van der Waals surface area contributed by atoms with Crippen LogP contribution in [0.5, 0.6) is 11.5 Å². The van der Waals surface area contributed by atoms with Crippen LogP contribution in [-0.2, 0) is 6.54 Å². The SMILES string of the molecule is CCOc1ccc(CNC(=O)c2c(-n3cccc3)sc(C)c2C)cc1OC. The number of hydrogen-bond acceptors (Lipinski definition) is 4. The number of rotatable bonds is 7. The fourth-order valence-electron chi connectivity index (χ4n) is 2.90. The van der Waals surface area contributed by atoms with Gasteiger partial charge in [-0.15, -0.1) is 11.3 Å². The predicted octanol–water partition coefficient (Wildman–Crippen LogP) is 4.49. The second-order valence-electron chi connectivity index (χ2n) is 6.15. The Hall–Kier alpha value is -2.73. The number of thiophene rings is 1. The van der Waals surface area contributed by atoms with Crippen LogP contribution in [0.1, 0.15) is 33.3 Å². The first-order valence-electron chi connectivity index (χ1n) is 8.86. The Bertz CT molecular complexity index is 929. The highest BCUT2D eigenvalue weighted by molar-refractivity contribution is 7.15. The molecule has 0 atom stereocenters. The van der Waals surface area contributed by atoms with Gasteiger partial charge in [0, 0.05) is 23.8 Å². The van der Waals surface area contributed by atoms with Gasteiger partial charge in [0.2, 0.25) is 0 Å². The van der Waals surface area contributed by atoms with Crippen molar-refractivity contribution in [3.63, 3.8) is 0 Å². The molecule has 0 fully saturated rings. The normalized spacial score (nSPS) is 10.7. The Balaban J connectivity index is 1.79. The minimum atomic E-state index is -0.0756. The monoisotopic (exact) mass is 384 g/mol. The van der Waals surface area contributed by atoms with Crippen LogP contribution in [0.25, 0.3) is 5.00 Å². The summed E-state index contributed by atoms with van der Waals surface area (Å²) in [4.78, 5) is 14.1. The fraction of sp³-hybridized carbons (Fsp3) is 0.286. The Morgan fingerprint density at radius 3 is 2.59 bits per heavy atom. The lowest BCUT2D eigenvalue weighted by atomic mass is 10.1. The van der Waals surface area contributed by atoms with Gasteiger partial charge in [-0.1, -0.05) is 6.07 Å². The van der Waals surface area contributed by atoms with Crippen LogP contribution in [-0.4, -0.2) is 24.2 Å². The molecule has 0 spiro atoms. The highest BCUT2D eigenvalue weighted by Crippen LogP contribution is 2.31. The molecular weight excluding hydrogens is 360 g/mol. The van der Waals surface area contributed by atoms with Crippen molar-refractivity contribution in [3.05, 3.63) is 64.3 Å². The molecule has 2 heterocycles.